The summed E-state index contributed by atoms with van der Waals surface area (Å²) in [6.07, 6.45) is 1.81. The summed E-state index contributed by atoms with van der Waals surface area (Å²) in [4.78, 5) is 18.5. The minimum atomic E-state index is -0.115. The van der Waals surface area contributed by atoms with E-state index in [0.717, 1.165) is 31.9 Å². The fourth-order valence-corrected chi connectivity index (χ4v) is 1.90. The average molecular weight is 224 g/mol. The number of aromatic amines is 1. The number of hydrogen-bond donors (Lipinski definition) is 1. The predicted octanol–water partition coefficient (Wildman–Crippen LogP) is 0.495. The summed E-state index contributed by atoms with van der Waals surface area (Å²) >= 11 is 0. The number of ether oxygens (including phenoxy) is 2. The molecule has 16 heavy (non-hydrogen) atoms. The average Bonchev–Trinajstić information content (AvgIpc) is 2.70. The predicted molar refractivity (Wildman–Crippen MR) is 58.2 cm³/mol. The van der Waals surface area contributed by atoms with Gasteiger partial charge in [0.25, 0.3) is 5.56 Å². The highest BCUT2D eigenvalue weighted by Gasteiger charge is 2.17. The van der Waals surface area contributed by atoms with Gasteiger partial charge in [0.05, 0.1) is 12.3 Å². The molecule has 1 aliphatic rings. The van der Waals surface area contributed by atoms with Gasteiger partial charge in [-0.05, 0) is 12.3 Å². The molecule has 1 aromatic rings. The highest BCUT2D eigenvalue weighted by atomic mass is 16.5. The van der Waals surface area contributed by atoms with Crippen LogP contribution in [0.15, 0.2) is 10.9 Å². The molecule has 1 aliphatic heterocycles. The quantitative estimate of drug-likeness (QED) is 0.808. The van der Waals surface area contributed by atoms with Crippen LogP contribution in [0, 0.1) is 5.92 Å². The van der Waals surface area contributed by atoms with Crippen LogP contribution >= 0.6 is 0 Å². The van der Waals surface area contributed by atoms with Crippen molar-refractivity contribution in [1.82, 2.24) is 9.97 Å². The summed E-state index contributed by atoms with van der Waals surface area (Å²) in [6, 6.07) is 1.47. The van der Waals surface area contributed by atoms with Crippen LogP contribution in [0.1, 0.15) is 17.9 Å². The number of hydrogen-bond acceptors (Lipinski definition) is 4. The van der Waals surface area contributed by atoms with Gasteiger partial charge in [-0.1, -0.05) is 0 Å². The normalized spacial score (nSPS) is 20.2. The minimum Gasteiger partial charge on any atom is -0.381 e. The van der Waals surface area contributed by atoms with E-state index < -0.39 is 0 Å². The van der Waals surface area contributed by atoms with Gasteiger partial charge in [0.2, 0.25) is 0 Å². The molecule has 5 nitrogen and oxygen atoms in total. The zero-order valence-corrected chi connectivity index (χ0v) is 9.36. The Bertz CT molecular complexity index is 396. The molecule has 1 unspecified atom stereocenters. The summed E-state index contributed by atoms with van der Waals surface area (Å²) in [5.41, 5.74) is 0.566. The molecule has 1 fully saturated rings. The lowest BCUT2D eigenvalue weighted by Gasteiger charge is -2.07. The number of nitrogens with zero attached hydrogens (tertiary/aromatic N) is 1. The van der Waals surface area contributed by atoms with E-state index in [0.29, 0.717) is 18.2 Å². The van der Waals surface area contributed by atoms with Gasteiger partial charge >= 0.3 is 0 Å². The molecule has 1 saturated heterocycles. The fraction of sp³-hybridized carbons (Fsp3) is 0.636. The zero-order chi connectivity index (χ0) is 11.4. The lowest BCUT2D eigenvalue weighted by Crippen LogP contribution is -2.16. The first-order valence-electron chi connectivity index (χ1n) is 5.43. The SMILES string of the molecule is COCc1cc(=O)[nH]c(CC2CCOC2)n1. The summed E-state index contributed by atoms with van der Waals surface area (Å²) in [5.74, 6) is 1.20. The monoisotopic (exact) mass is 224 g/mol. The summed E-state index contributed by atoms with van der Waals surface area (Å²) < 4.78 is 10.3. The summed E-state index contributed by atoms with van der Waals surface area (Å²) in [6.45, 7) is 1.95. The Labute approximate surface area is 93.8 Å². The third kappa shape index (κ3) is 2.90. The molecule has 0 amide bonds. The minimum absolute atomic E-state index is 0.115. The van der Waals surface area contributed by atoms with E-state index in [-0.39, 0.29) is 5.56 Å². The third-order valence-corrected chi connectivity index (χ3v) is 2.64. The highest BCUT2D eigenvalue weighted by molar-refractivity contribution is 5.02. The van der Waals surface area contributed by atoms with Crippen LogP contribution in [0.5, 0.6) is 0 Å². The van der Waals surface area contributed by atoms with Crippen molar-refractivity contribution < 1.29 is 9.47 Å². The molecule has 1 N–H and O–H groups in total. The van der Waals surface area contributed by atoms with E-state index in [1.54, 1.807) is 7.11 Å². The molecule has 0 spiro atoms. The number of aromatic nitrogens is 2. The maximum absolute atomic E-state index is 11.4. The van der Waals surface area contributed by atoms with Gasteiger partial charge < -0.3 is 14.5 Å². The molecule has 88 valence electrons. The first-order valence-corrected chi connectivity index (χ1v) is 5.43. The van der Waals surface area contributed by atoms with Gasteiger partial charge in [0.15, 0.2) is 0 Å². The molecular weight excluding hydrogens is 208 g/mol. The van der Waals surface area contributed by atoms with Crippen molar-refractivity contribution in [2.75, 3.05) is 20.3 Å². The first-order chi connectivity index (χ1) is 7.78. The molecule has 0 aromatic carbocycles. The van der Waals surface area contributed by atoms with Crippen molar-refractivity contribution in [2.45, 2.75) is 19.4 Å². The maximum atomic E-state index is 11.4. The van der Waals surface area contributed by atoms with Crippen molar-refractivity contribution in [2.24, 2.45) is 5.92 Å². The first kappa shape index (κ1) is 11.3. The van der Waals surface area contributed by atoms with Gasteiger partial charge in [-0.25, -0.2) is 4.98 Å². The second-order valence-electron chi connectivity index (χ2n) is 4.05. The smallest absolute Gasteiger partial charge is 0.251 e. The Kier molecular flexibility index (Phi) is 3.69. The Morgan fingerprint density at radius 2 is 2.56 bits per heavy atom. The van der Waals surface area contributed by atoms with Gasteiger partial charge in [0.1, 0.15) is 5.82 Å². The van der Waals surface area contributed by atoms with Crippen LogP contribution in [-0.2, 0) is 22.5 Å². The van der Waals surface area contributed by atoms with Gasteiger partial charge in [-0.2, -0.15) is 0 Å². The van der Waals surface area contributed by atoms with Gasteiger partial charge in [0, 0.05) is 32.8 Å². The van der Waals surface area contributed by atoms with Crippen LogP contribution in [0.3, 0.4) is 0 Å². The second-order valence-corrected chi connectivity index (χ2v) is 4.05. The van der Waals surface area contributed by atoms with E-state index in [1.165, 1.54) is 6.07 Å². The van der Waals surface area contributed by atoms with E-state index in [1.807, 2.05) is 0 Å². The fourth-order valence-electron chi connectivity index (χ4n) is 1.90. The van der Waals surface area contributed by atoms with E-state index >= 15 is 0 Å². The molecule has 0 bridgehead atoms. The largest absolute Gasteiger partial charge is 0.381 e. The standard InChI is InChI=1S/C11H16N2O3/c1-15-7-9-5-11(14)13-10(12-9)4-8-2-3-16-6-8/h5,8H,2-4,6-7H2,1H3,(H,12,13,14). The Morgan fingerprint density at radius 3 is 3.25 bits per heavy atom. The second kappa shape index (κ2) is 5.23. The maximum Gasteiger partial charge on any atom is 0.251 e. The van der Waals surface area contributed by atoms with Crippen molar-refractivity contribution in [3.05, 3.63) is 27.9 Å². The molecular formula is C11H16N2O3. The topological polar surface area (TPSA) is 64.2 Å². The van der Waals surface area contributed by atoms with Crippen molar-refractivity contribution >= 4 is 0 Å². The molecule has 2 rings (SSSR count). The molecule has 0 radical (unpaired) electrons. The van der Waals surface area contributed by atoms with Crippen molar-refractivity contribution in [3.63, 3.8) is 0 Å². The van der Waals surface area contributed by atoms with Crippen molar-refractivity contribution in [1.29, 1.82) is 0 Å². The molecule has 0 saturated carbocycles. The molecule has 0 aliphatic carbocycles. The van der Waals surface area contributed by atoms with Crippen LogP contribution in [0.4, 0.5) is 0 Å². The van der Waals surface area contributed by atoms with Gasteiger partial charge in [-0.15, -0.1) is 0 Å². The van der Waals surface area contributed by atoms with E-state index in [2.05, 4.69) is 9.97 Å². The molecule has 5 heteroatoms. The summed E-state index contributed by atoms with van der Waals surface area (Å²) in [5, 5.41) is 0. The Hall–Kier alpha value is -1.20. The zero-order valence-electron chi connectivity index (χ0n) is 9.36. The third-order valence-electron chi connectivity index (χ3n) is 2.64. The van der Waals surface area contributed by atoms with E-state index in [9.17, 15) is 4.79 Å². The Morgan fingerprint density at radius 1 is 1.69 bits per heavy atom. The highest BCUT2D eigenvalue weighted by Crippen LogP contribution is 2.15. The molecule has 1 atom stereocenters. The van der Waals surface area contributed by atoms with Crippen LogP contribution in [0.25, 0.3) is 0 Å². The number of H-pyrrole nitrogens is 1. The van der Waals surface area contributed by atoms with Crippen LogP contribution in [-0.4, -0.2) is 30.3 Å². The van der Waals surface area contributed by atoms with Crippen LogP contribution < -0.4 is 5.56 Å². The Balaban J connectivity index is 2.10. The molecule has 2 heterocycles. The van der Waals surface area contributed by atoms with Gasteiger partial charge in [-0.3, -0.25) is 4.79 Å². The van der Waals surface area contributed by atoms with Crippen molar-refractivity contribution in [3.8, 4) is 0 Å². The van der Waals surface area contributed by atoms with Crippen LogP contribution in [0.2, 0.25) is 0 Å². The van der Waals surface area contributed by atoms with E-state index in [4.69, 9.17) is 9.47 Å². The number of methoxy groups -OCH3 is 1. The summed E-state index contributed by atoms with van der Waals surface area (Å²) in [7, 11) is 1.59. The lowest BCUT2D eigenvalue weighted by atomic mass is 10.0. The number of rotatable bonds is 4. The lowest BCUT2D eigenvalue weighted by molar-refractivity contribution is 0.180. The molecule has 1 aromatic heterocycles. The number of nitrogens with one attached hydrogen (secondary N) is 1.